The first-order chi connectivity index (χ1) is 8.08. The number of nitrogens with two attached hydrogens (primary N) is 1. The number of fused-ring (bicyclic) bond motifs is 1. The van der Waals surface area contributed by atoms with Gasteiger partial charge in [-0.05, 0) is 12.5 Å². The van der Waals surface area contributed by atoms with Gasteiger partial charge in [0.2, 0.25) is 5.88 Å². The predicted octanol–water partition coefficient (Wildman–Crippen LogP) is 1.85. The number of hydrogen-bond acceptors (Lipinski definition) is 5. The summed E-state index contributed by atoms with van der Waals surface area (Å²) in [4.78, 5) is 4.05. The zero-order chi connectivity index (χ0) is 12.6. The first kappa shape index (κ1) is 11.3. The van der Waals surface area contributed by atoms with Gasteiger partial charge in [-0.3, -0.25) is 0 Å². The molecule has 0 fully saturated rings. The summed E-state index contributed by atoms with van der Waals surface area (Å²) in [6, 6.07) is 3.19. The molecule has 0 spiro atoms. The lowest BCUT2D eigenvalue weighted by atomic mass is 10.1. The molecule has 0 saturated heterocycles. The van der Waals surface area contributed by atoms with E-state index in [0.717, 1.165) is 10.9 Å². The lowest BCUT2D eigenvalue weighted by Gasteiger charge is -2.13. The van der Waals surface area contributed by atoms with Gasteiger partial charge in [0.25, 0.3) is 0 Å². The van der Waals surface area contributed by atoms with Crippen LogP contribution in [0.25, 0.3) is 10.9 Å². The molecule has 2 aromatic rings. The minimum absolute atomic E-state index is 0.0554. The normalized spacial score (nSPS) is 10.5. The van der Waals surface area contributed by atoms with Crippen molar-refractivity contribution < 1.29 is 14.6 Å². The van der Waals surface area contributed by atoms with Crippen molar-refractivity contribution in [1.82, 2.24) is 4.98 Å². The molecule has 2 rings (SSSR count). The molecule has 1 heterocycles. The van der Waals surface area contributed by atoms with Crippen LogP contribution in [0.2, 0.25) is 0 Å². The average molecular weight is 234 g/mol. The van der Waals surface area contributed by atoms with Crippen LogP contribution in [0.5, 0.6) is 17.4 Å². The van der Waals surface area contributed by atoms with Gasteiger partial charge in [0.05, 0.1) is 25.3 Å². The second kappa shape index (κ2) is 4.01. The zero-order valence-corrected chi connectivity index (χ0v) is 9.94. The largest absolute Gasteiger partial charge is 0.494 e. The highest BCUT2D eigenvalue weighted by atomic mass is 16.5. The minimum Gasteiger partial charge on any atom is -0.494 e. The predicted molar refractivity (Wildman–Crippen MR) is 65.7 cm³/mol. The average Bonchev–Trinajstić information content (AvgIpc) is 2.28. The Hall–Kier alpha value is -2.17. The summed E-state index contributed by atoms with van der Waals surface area (Å²) in [7, 11) is 3.08. The van der Waals surface area contributed by atoms with Crippen molar-refractivity contribution in [2.75, 3.05) is 20.0 Å². The molecule has 0 bridgehead atoms. The minimum atomic E-state index is -0.0554. The molecular formula is C12H14N2O3. The van der Waals surface area contributed by atoms with E-state index in [1.807, 2.05) is 6.92 Å². The number of rotatable bonds is 2. The van der Waals surface area contributed by atoms with Gasteiger partial charge in [-0.15, -0.1) is 0 Å². The Morgan fingerprint density at radius 2 is 1.94 bits per heavy atom. The van der Waals surface area contributed by atoms with Gasteiger partial charge >= 0.3 is 0 Å². The van der Waals surface area contributed by atoms with Crippen LogP contribution in [0.3, 0.4) is 0 Å². The molecule has 5 heteroatoms. The van der Waals surface area contributed by atoms with Crippen molar-refractivity contribution in [3.05, 3.63) is 17.7 Å². The van der Waals surface area contributed by atoms with Crippen LogP contribution in [0.1, 0.15) is 5.56 Å². The Balaban J connectivity index is 2.97. The van der Waals surface area contributed by atoms with Gasteiger partial charge in [-0.2, -0.15) is 0 Å². The maximum atomic E-state index is 9.53. The molecule has 0 atom stereocenters. The number of nitrogen functional groups attached to an aromatic ring is 1. The lowest BCUT2D eigenvalue weighted by molar-refractivity contribution is 0.409. The van der Waals surface area contributed by atoms with Crippen LogP contribution in [0.4, 0.5) is 5.69 Å². The molecule has 0 radical (unpaired) electrons. The van der Waals surface area contributed by atoms with E-state index in [4.69, 9.17) is 15.2 Å². The highest BCUT2D eigenvalue weighted by Gasteiger charge is 2.15. The number of aromatic hydroxyl groups is 1. The van der Waals surface area contributed by atoms with Crippen LogP contribution in [-0.4, -0.2) is 24.3 Å². The molecule has 0 amide bonds. The third-order valence-electron chi connectivity index (χ3n) is 2.64. The van der Waals surface area contributed by atoms with E-state index < -0.39 is 0 Å². The summed E-state index contributed by atoms with van der Waals surface area (Å²) < 4.78 is 10.5. The zero-order valence-electron chi connectivity index (χ0n) is 9.94. The van der Waals surface area contributed by atoms with Crippen molar-refractivity contribution in [1.29, 1.82) is 0 Å². The number of aromatic nitrogens is 1. The fourth-order valence-corrected chi connectivity index (χ4v) is 1.92. The summed E-state index contributed by atoms with van der Waals surface area (Å²) in [6.45, 7) is 1.85. The highest BCUT2D eigenvalue weighted by Crippen LogP contribution is 2.39. The topological polar surface area (TPSA) is 77.6 Å². The van der Waals surface area contributed by atoms with Crippen molar-refractivity contribution in [3.8, 4) is 17.4 Å². The van der Waals surface area contributed by atoms with E-state index in [1.165, 1.54) is 7.11 Å². The first-order valence-electron chi connectivity index (χ1n) is 5.09. The highest BCUT2D eigenvalue weighted by molar-refractivity contribution is 5.97. The van der Waals surface area contributed by atoms with E-state index in [2.05, 4.69) is 4.98 Å². The van der Waals surface area contributed by atoms with E-state index in [9.17, 15) is 5.11 Å². The Bertz CT molecular complexity index is 582. The molecule has 0 aliphatic rings. The Morgan fingerprint density at radius 3 is 2.53 bits per heavy atom. The van der Waals surface area contributed by atoms with Gasteiger partial charge in [-0.1, -0.05) is 0 Å². The van der Waals surface area contributed by atoms with Crippen LogP contribution >= 0.6 is 0 Å². The molecule has 1 aromatic carbocycles. The first-order valence-corrected chi connectivity index (χ1v) is 5.09. The number of methoxy groups -OCH3 is 2. The van der Waals surface area contributed by atoms with E-state index >= 15 is 0 Å². The molecule has 3 N–H and O–H groups in total. The van der Waals surface area contributed by atoms with E-state index in [0.29, 0.717) is 22.7 Å². The summed E-state index contributed by atoms with van der Waals surface area (Å²) in [5.74, 6) is 1.00. The fraction of sp³-hybridized carbons (Fsp3) is 0.250. The van der Waals surface area contributed by atoms with Crippen LogP contribution in [0, 0.1) is 6.92 Å². The number of hydrogen-bond donors (Lipinski definition) is 2. The number of ether oxygens (including phenoxy) is 2. The number of anilines is 1. The lowest BCUT2D eigenvalue weighted by Crippen LogP contribution is -1.98. The second-order valence-electron chi connectivity index (χ2n) is 3.72. The summed E-state index contributed by atoms with van der Waals surface area (Å²) in [5.41, 5.74) is 7.73. The Labute approximate surface area is 98.8 Å². The molecule has 0 saturated carbocycles. The molecule has 0 unspecified atom stereocenters. The summed E-state index contributed by atoms with van der Waals surface area (Å²) in [5, 5.41) is 10.3. The molecule has 0 aliphatic carbocycles. The number of nitrogens with zero attached hydrogens (tertiary/aromatic N) is 1. The molecule has 90 valence electrons. The Morgan fingerprint density at radius 1 is 1.24 bits per heavy atom. The standard InChI is InChI=1S/C12H14N2O3/c1-6-4-9(15)14-11-8(16-2)5-7(13)12(17-3)10(6)11/h4-5H,13H2,1-3H3,(H,14,15). The molecule has 17 heavy (non-hydrogen) atoms. The van der Waals surface area contributed by atoms with Crippen molar-refractivity contribution in [3.63, 3.8) is 0 Å². The van der Waals surface area contributed by atoms with E-state index in [1.54, 1.807) is 19.2 Å². The van der Waals surface area contributed by atoms with Gasteiger partial charge in [0, 0.05) is 12.1 Å². The van der Waals surface area contributed by atoms with Crippen LogP contribution in [-0.2, 0) is 0 Å². The summed E-state index contributed by atoms with van der Waals surface area (Å²) >= 11 is 0. The fourth-order valence-electron chi connectivity index (χ4n) is 1.92. The number of benzene rings is 1. The molecule has 5 nitrogen and oxygen atoms in total. The van der Waals surface area contributed by atoms with Gasteiger partial charge in [0.15, 0.2) is 5.75 Å². The second-order valence-corrected chi connectivity index (χ2v) is 3.72. The third-order valence-corrected chi connectivity index (χ3v) is 2.64. The SMILES string of the molecule is COc1cc(N)c(OC)c2c(C)cc(O)nc12. The van der Waals surface area contributed by atoms with Crippen LogP contribution < -0.4 is 15.2 Å². The Kier molecular flexibility index (Phi) is 2.67. The van der Waals surface area contributed by atoms with Crippen molar-refractivity contribution in [2.45, 2.75) is 6.92 Å². The maximum absolute atomic E-state index is 9.53. The quantitative estimate of drug-likeness (QED) is 0.775. The van der Waals surface area contributed by atoms with Crippen molar-refractivity contribution in [2.24, 2.45) is 0 Å². The van der Waals surface area contributed by atoms with Crippen molar-refractivity contribution >= 4 is 16.6 Å². The van der Waals surface area contributed by atoms with Crippen LogP contribution in [0.15, 0.2) is 12.1 Å². The molecule has 1 aromatic heterocycles. The smallest absolute Gasteiger partial charge is 0.211 e. The number of aryl methyl sites for hydroxylation is 1. The number of pyridine rings is 1. The van der Waals surface area contributed by atoms with Gasteiger partial charge in [-0.25, -0.2) is 4.98 Å². The maximum Gasteiger partial charge on any atom is 0.211 e. The van der Waals surface area contributed by atoms with Gasteiger partial charge < -0.3 is 20.3 Å². The van der Waals surface area contributed by atoms with Gasteiger partial charge in [0.1, 0.15) is 11.3 Å². The molecular weight excluding hydrogens is 220 g/mol. The molecule has 0 aliphatic heterocycles. The van der Waals surface area contributed by atoms with E-state index in [-0.39, 0.29) is 5.88 Å². The monoisotopic (exact) mass is 234 g/mol. The third kappa shape index (κ3) is 1.69. The summed E-state index contributed by atoms with van der Waals surface area (Å²) in [6.07, 6.45) is 0.